The zero-order chi connectivity index (χ0) is 21.2. The van der Waals surface area contributed by atoms with Crippen LogP contribution < -0.4 is 11.7 Å². The topological polar surface area (TPSA) is 107 Å². The Hall–Kier alpha value is -3.18. The summed E-state index contributed by atoms with van der Waals surface area (Å²) in [5.74, 6) is 8.89. The zero-order valence-electron chi connectivity index (χ0n) is 14.5. The molecule has 0 atom stereocenters. The van der Waals surface area contributed by atoms with E-state index in [0.717, 1.165) is 11.1 Å². The van der Waals surface area contributed by atoms with Crippen LogP contribution in [-0.4, -0.2) is 21.0 Å². The Balaban J connectivity index is 1.79. The van der Waals surface area contributed by atoms with E-state index < -0.39 is 23.7 Å². The van der Waals surface area contributed by atoms with E-state index in [-0.39, 0.29) is 23.5 Å². The highest BCUT2D eigenvalue weighted by molar-refractivity contribution is 6.30. The van der Waals surface area contributed by atoms with Crippen LogP contribution in [-0.2, 0) is 12.7 Å². The third-order valence-electron chi connectivity index (χ3n) is 3.82. The normalized spacial score (nSPS) is 12.3. The van der Waals surface area contributed by atoms with Crippen molar-refractivity contribution in [2.75, 3.05) is 0 Å². The molecule has 0 amide bonds. The quantitative estimate of drug-likeness (QED) is 0.216. The van der Waals surface area contributed by atoms with E-state index in [1.807, 2.05) is 0 Å². The van der Waals surface area contributed by atoms with Crippen LogP contribution in [0.1, 0.15) is 17.0 Å². The zero-order valence-corrected chi connectivity index (χ0v) is 15.2. The lowest BCUT2D eigenvalue weighted by molar-refractivity contribution is -0.159. The van der Waals surface area contributed by atoms with Gasteiger partial charge in [-0.25, -0.2) is 10.2 Å². The maximum absolute atomic E-state index is 14.5. The molecule has 0 saturated heterocycles. The number of hydrogen-bond donors (Lipinski definition) is 2. The molecule has 1 heterocycles. The van der Waals surface area contributed by atoms with Crippen LogP contribution in [0, 0.1) is 5.82 Å². The molecule has 0 unspecified atom stereocenters. The van der Waals surface area contributed by atoms with Gasteiger partial charge >= 0.3 is 12.1 Å². The van der Waals surface area contributed by atoms with Crippen molar-refractivity contribution < 1.29 is 22.1 Å². The second-order valence-electron chi connectivity index (χ2n) is 5.81. The Kier molecular flexibility index (Phi) is 5.71. The minimum absolute atomic E-state index is 0.0134. The molecule has 1 aromatic heterocycles. The van der Waals surface area contributed by atoms with Crippen molar-refractivity contribution in [1.82, 2.24) is 15.1 Å². The lowest BCUT2D eigenvalue weighted by atomic mass is 10.1. The molecule has 2 aromatic carbocycles. The molecule has 12 heteroatoms. The summed E-state index contributed by atoms with van der Waals surface area (Å²) in [7, 11) is 0. The summed E-state index contributed by atoms with van der Waals surface area (Å²) in [6.07, 6.45) is -4.79. The molecule has 0 saturated carbocycles. The molecule has 0 bridgehead atoms. The summed E-state index contributed by atoms with van der Waals surface area (Å²) in [4.78, 5) is 3.22. The summed E-state index contributed by atoms with van der Waals surface area (Å²) < 4.78 is 56.3. The highest BCUT2D eigenvalue weighted by Crippen LogP contribution is 2.29. The number of alkyl halides is 3. The van der Waals surface area contributed by atoms with Gasteiger partial charge in [-0.15, -0.1) is 0 Å². The second-order valence-corrected chi connectivity index (χ2v) is 6.25. The van der Waals surface area contributed by atoms with E-state index >= 15 is 0 Å². The third kappa shape index (κ3) is 4.63. The van der Waals surface area contributed by atoms with Gasteiger partial charge in [0.15, 0.2) is 5.84 Å². The number of nitrogens with two attached hydrogens (primary N) is 2. The summed E-state index contributed by atoms with van der Waals surface area (Å²) in [5.41, 5.74) is 0.716. The molecule has 3 aromatic rings. The lowest BCUT2D eigenvalue weighted by Crippen LogP contribution is -2.38. The second kappa shape index (κ2) is 8.05. The van der Waals surface area contributed by atoms with Crippen molar-refractivity contribution in [2.45, 2.75) is 12.7 Å². The van der Waals surface area contributed by atoms with Gasteiger partial charge in [0.05, 0.1) is 6.54 Å². The van der Waals surface area contributed by atoms with Gasteiger partial charge < -0.3 is 10.4 Å². The minimum atomic E-state index is -4.79. The van der Waals surface area contributed by atoms with Gasteiger partial charge in [0.2, 0.25) is 5.82 Å². The maximum Gasteiger partial charge on any atom is 0.471 e. The minimum Gasteiger partial charge on any atom is -0.329 e. The number of halogens is 5. The number of amidine groups is 1. The Morgan fingerprint density at radius 2 is 1.86 bits per heavy atom. The summed E-state index contributed by atoms with van der Waals surface area (Å²) in [6.45, 7) is -0.120. The molecule has 0 spiro atoms. The molecule has 29 heavy (non-hydrogen) atoms. The number of aromatic nitrogens is 2. The molecule has 0 aliphatic rings. The van der Waals surface area contributed by atoms with Crippen LogP contribution in [0.2, 0.25) is 5.02 Å². The number of hydrogen-bond acceptors (Lipinski definition) is 6. The van der Waals surface area contributed by atoms with Crippen molar-refractivity contribution in [3.63, 3.8) is 0 Å². The van der Waals surface area contributed by atoms with Crippen LogP contribution in [0.3, 0.4) is 0 Å². The number of nitrogens with zero attached hydrogens (tertiary/aromatic N) is 4. The van der Waals surface area contributed by atoms with E-state index in [9.17, 15) is 17.6 Å². The smallest absolute Gasteiger partial charge is 0.329 e. The first kappa shape index (κ1) is 20.6. The molecule has 3 rings (SSSR count). The van der Waals surface area contributed by atoms with Crippen LogP contribution in [0.5, 0.6) is 0 Å². The van der Waals surface area contributed by atoms with E-state index in [0.29, 0.717) is 10.6 Å². The highest BCUT2D eigenvalue weighted by atomic mass is 35.5. The molecular formula is C17H13ClF4N6O. The van der Waals surface area contributed by atoms with E-state index in [1.165, 1.54) is 12.1 Å². The molecule has 0 aliphatic carbocycles. The number of hydrazone groups is 1. The van der Waals surface area contributed by atoms with Crippen LogP contribution in [0.4, 0.5) is 17.6 Å². The maximum atomic E-state index is 14.5. The highest BCUT2D eigenvalue weighted by Gasteiger charge is 2.38. The fraction of sp³-hybridized carbons (Fsp3) is 0.118. The first-order chi connectivity index (χ1) is 13.7. The fourth-order valence-electron chi connectivity index (χ4n) is 2.44. The van der Waals surface area contributed by atoms with Gasteiger partial charge in [0.1, 0.15) is 5.82 Å². The Morgan fingerprint density at radius 1 is 1.17 bits per heavy atom. The van der Waals surface area contributed by atoms with Gasteiger partial charge in [0.25, 0.3) is 0 Å². The number of benzene rings is 2. The third-order valence-corrected chi connectivity index (χ3v) is 4.07. The monoisotopic (exact) mass is 428 g/mol. The standard InChI is InChI=1S/C17H13ClF4N6O/c18-12-5-3-9(4-6-12)15(26-23)28(24)8-11-2-1-10(7-13(11)19)14-25-16(29-27-14)17(20,21)22/h1-7H,8,23-24H2/b26-15-. The van der Waals surface area contributed by atoms with Gasteiger partial charge in [0, 0.05) is 21.7 Å². The molecular weight excluding hydrogens is 416 g/mol. The first-order valence-electron chi connectivity index (χ1n) is 7.95. The largest absolute Gasteiger partial charge is 0.471 e. The molecule has 0 radical (unpaired) electrons. The summed E-state index contributed by atoms with van der Waals surface area (Å²) >= 11 is 5.84. The summed E-state index contributed by atoms with van der Waals surface area (Å²) in [6, 6.07) is 10.2. The van der Waals surface area contributed by atoms with Gasteiger partial charge in [-0.1, -0.05) is 28.9 Å². The average Bonchev–Trinajstić information content (AvgIpc) is 3.16. The van der Waals surface area contributed by atoms with Crippen molar-refractivity contribution in [3.05, 3.63) is 70.3 Å². The van der Waals surface area contributed by atoms with Crippen molar-refractivity contribution in [2.24, 2.45) is 16.8 Å². The van der Waals surface area contributed by atoms with Crippen LogP contribution in [0.25, 0.3) is 11.4 Å². The van der Waals surface area contributed by atoms with Gasteiger partial charge in [-0.3, -0.25) is 5.01 Å². The molecule has 4 N–H and O–H groups in total. The summed E-state index contributed by atoms with van der Waals surface area (Å²) in [5, 5.41) is 8.46. The van der Waals surface area contributed by atoms with Gasteiger partial charge in [-0.2, -0.15) is 23.3 Å². The Bertz CT molecular complexity index is 1040. The van der Waals surface area contributed by atoms with Crippen LogP contribution >= 0.6 is 11.6 Å². The SMILES string of the molecule is N/N=C(/c1ccc(Cl)cc1)N(N)Cc1ccc(-c2noc(C(F)(F)F)n2)cc1F. The predicted octanol–water partition coefficient (Wildman–Crippen LogP) is 3.54. The van der Waals surface area contributed by atoms with Gasteiger partial charge in [-0.05, 0) is 30.3 Å². The van der Waals surface area contributed by atoms with Crippen molar-refractivity contribution in [1.29, 1.82) is 0 Å². The Labute approximate surface area is 166 Å². The van der Waals surface area contributed by atoms with E-state index in [1.54, 1.807) is 24.3 Å². The molecule has 7 nitrogen and oxygen atoms in total. The molecule has 152 valence electrons. The van der Waals surface area contributed by atoms with E-state index in [4.69, 9.17) is 23.3 Å². The fourth-order valence-corrected chi connectivity index (χ4v) is 2.57. The van der Waals surface area contributed by atoms with E-state index in [2.05, 4.69) is 19.8 Å². The van der Waals surface area contributed by atoms with Crippen molar-refractivity contribution >= 4 is 17.4 Å². The molecule has 0 aliphatic heterocycles. The van der Waals surface area contributed by atoms with Crippen molar-refractivity contribution in [3.8, 4) is 11.4 Å². The first-order valence-corrected chi connectivity index (χ1v) is 8.32. The lowest BCUT2D eigenvalue weighted by Gasteiger charge is -2.20. The average molecular weight is 429 g/mol. The predicted molar refractivity (Wildman–Crippen MR) is 96.6 cm³/mol. The number of rotatable bonds is 4. The number of hydrazine groups is 1. The van der Waals surface area contributed by atoms with Crippen LogP contribution in [0.15, 0.2) is 52.1 Å². The molecule has 0 fully saturated rings. The Morgan fingerprint density at radius 3 is 2.41 bits per heavy atom.